The van der Waals surface area contributed by atoms with Crippen molar-refractivity contribution < 1.29 is 13.0 Å². The molecule has 0 saturated carbocycles. The maximum atomic E-state index is 11.7. The Morgan fingerprint density at radius 2 is 1.43 bits per heavy atom. The van der Waals surface area contributed by atoms with Crippen molar-refractivity contribution in [3.05, 3.63) is 78.4 Å². The number of nitrogens with zero attached hydrogens (tertiary/aromatic N) is 8. The van der Waals surface area contributed by atoms with Crippen molar-refractivity contribution in [2.24, 2.45) is 10.2 Å². The van der Waals surface area contributed by atoms with E-state index in [-0.39, 0.29) is 10.2 Å². The van der Waals surface area contributed by atoms with E-state index in [0.717, 1.165) is 66.0 Å². The minimum atomic E-state index is -4.37. The lowest BCUT2D eigenvalue weighted by Gasteiger charge is -2.22. The highest BCUT2D eigenvalue weighted by Crippen LogP contribution is 2.40. The first kappa shape index (κ1) is 37.9. The molecule has 0 saturated heterocycles. The molecule has 0 atom stereocenters. The molecule has 5 N–H and O–H groups in total. The summed E-state index contributed by atoms with van der Waals surface area (Å²) < 4.78 is 37.1. The number of thioether (sulfide) groups is 1. The van der Waals surface area contributed by atoms with Crippen LogP contribution in [0.3, 0.4) is 0 Å². The van der Waals surface area contributed by atoms with Gasteiger partial charge >= 0.3 is 10.1 Å². The van der Waals surface area contributed by atoms with Crippen molar-refractivity contribution >= 4 is 106 Å². The highest BCUT2D eigenvalue weighted by molar-refractivity contribution is 7.98. The van der Waals surface area contributed by atoms with E-state index >= 15 is 0 Å². The van der Waals surface area contributed by atoms with E-state index < -0.39 is 10.1 Å². The molecule has 6 rings (SSSR count). The fourth-order valence-corrected chi connectivity index (χ4v) is 8.72. The van der Waals surface area contributed by atoms with Crippen molar-refractivity contribution in [3.8, 4) is 0 Å². The van der Waals surface area contributed by atoms with Gasteiger partial charge in [0.25, 0.3) is 0 Å². The van der Waals surface area contributed by atoms with Crippen LogP contribution in [0.5, 0.6) is 0 Å². The maximum Gasteiger partial charge on any atom is 0.304 e. The van der Waals surface area contributed by atoms with Crippen LogP contribution in [0.2, 0.25) is 0 Å². The van der Waals surface area contributed by atoms with Crippen LogP contribution in [0.4, 0.5) is 51.0 Å². The van der Waals surface area contributed by atoms with Gasteiger partial charge in [-0.3, -0.25) is 4.55 Å². The Bertz CT molecular complexity index is 2320. The molecule has 0 radical (unpaired) electrons. The predicted octanol–water partition coefficient (Wildman–Crippen LogP) is 9.26. The smallest absolute Gasteiger partial charge is 0.304 e. The molecule has 0 spiro atoms. The third kappa shape index (κ3) is 9.20. The molecule has 3 aromatic carbocycles. The Hall–Kier alpha value is -4.88. The van der Waals surface area contributed by atoms with Crippen LogP contribution < -0.4 is 26.2 Å². The summed E-state index contributed by atoms with van der Waals surface area (Å²) in [4.78, 5) is 19.2. The van der Waals surface area contributed by atoms with Crippen LogP contribution in [0.15, 0.2) is 92.4 Å². The molecule has 6 aromatic rings. The molecule has 276 valence electrons. The second kappa shape index (κ2) is 16.9. The Morgan fingerprint density at radius 3 is 2.08 bits per heavy atom. The largest absolute Gasteiger partial charge is 0.397 e. The first-order valence-electron chi connectivity index (χ1n) is 16.9. The zero-order valence-corrected chi connectivity index (χ0v) is 32.8. The van der Waals surface area contributed by atoms with Gasteiger partial charge in [-0.25, -0.2) is 0 Å². The zero-order valence-electron chi connectivity index (χ0n) is 29.5. The van der Waals surface area contributed by atoms with Gasteiger partial charge in [0.15, 0.2) is 10.2 Å². The fourth-order valence-electron chi connectivity index (χ4n) is 5.44. The molecule has 0 amide bonds. The lowest BCUT2D eigenvalue weighted by Crippen LogP contribution is -2.21. The number of aromatic nitrogens is 4. The minimum Gasteiger partial charge on any atom is -0.397 e. The first-order valence-corrected chi connectivity index (χ1v) is 20.9. The summed E-state index contributed by atoms with van der Waals surface area (Å²) in [7, 11) is -4.37. The predicted molar refractivity (Wildman–Crippen MR) is 218 cm³/mol. The Morgan fingerprint density at radius 1 is 0.811 bits per heavy atom. The van der Waals surface area contributed by atoms with Gasteiger partial charge in [-0.15, -0.1) is 21.6 Å². The molecule has 0 aliphatic rings. The zero-order chi connectivity index (χ0) is 37.5. The van der Waals surface area contributed by atoms with Crippen LogP contribution in [-0.4, -0.2) is 58.5 Å². The fraction of sp³-hybridized carbons (Fsp3) is 0.257. The number of thiophene rings is 1. The number of nitrogen functional groups attached to an aromatic ring is 1. The number of hydrogen-bond donors (Lipinski definition) is 4. The number of anilines is 7. The lowest BCUT2D eigenvalue weighted by molar-refractivity contribution is 0.485. The van der Waals surface area contributed by atoms with Crippen molar-refractivity contribution in [3.63, 3.8) is 0 Å². The molecular formula is C35H39N11O3S4. The normalized spacial score (nSPS) is 11.7. The molecule has 0 aliphatic heterocycles. The van der Waals surface area contributed by atoms with Gasteiger partial charge in [0.1, 0.15) is 14.7 Å². The van der Waals surface area contributed by atoms with Crippen LogP contribution in [-0.2, 0) is 15.9 Å². The van der Waals surface area contributed by atoms with Crippen LogP contribution in [0.25, 0.3) is 10.2 Å². The van der Waals surface area contributed by atoms with E-state index in [4.69, 9.17) is 20.7 Å². The van der Waals surface area contributed by atoms with Crippen molar-refractivity contribution in [2.45, 2.75) is 42.8 Å². The summed E-state index contributed by atoms with van der Waals surface area (Å²) in [5.74, 6) is 1.23. The molecule has 3 heterocycles. The summed E-state index contributed by atoms with van der Waals surface area (Å²) in [5, 5.41) is 17.1. The van der Waals surface area contributed by atoms with Gasteiger partial charge in [-0.2, -0.15) is 27.7 Å². The molecule has 0 fully saturated rings. The summed E-state index contributed by atoms with van der Waals surface area (Å²) in [6.07, 6.45) is 0. The molecule has 0 unspecified atom stereocenters. The minimum absolute atomic E-state index is 0.202. The van der Waals surface area contributed by atoms with Crippen molar-refractivity contribution in [2.75, 3.05) is 52.3 Å². The first-order chi connectivity index (χ1) is 25.6. The van der Waals surface area contributed by atoms with Crippen molar-refractivity contribution in [1.29, 1.82) is 0 Å². The van der Waals surface area contributed by atoms with Gasteiger partial charge in [0, 0.05) is 43.3 Å². The second-order valence-corrected chi connectivity index (χ2v) is 15.9. The number of benzene rings is 3. The van der Waals surface area contributed by atoms with E-state index in [1.54, 1.807) is 0 Å². The van der Waals surface area contributed by atoms with E-state index in [9.17, 15) is 13.0 Å². The molecule has 53 heavy (non-hydrogen) atoms. The highest BCUT2D eigenvalue weighted by Gasteiger charge is 2.19. The number of fused-ring (bicyclic) bond motifs is 1. The summed E-state index contributed by atoms with van der Waals surface area (Å²) >= 11 is 3.44. The van der Waals surface area contributed by atoms with Gasteiger partial charge in [0.2, 0.25) is 11.9 Å². The molecule has 0 bridgehead atoms. The molecular weight excluding hydrogens is 751 g/mol. The third-order valence-corrected chi connectivity index (χ3v) is 12.3. The van der Waals surface area contributed by atoms with Gasteiger partial charge in [-0.05, 0) is 87.3 Å². The van der Waals surface area contributed by atoms with E-state index in [0.29, 0.717) is 54.8 Å². The Balaban J connectivity index is 1.38. The average Bonchev–Trinajstić information content (AvgIpc) is 3.75. The highest BCUT2D eigenvalue weighted by atomic mass is 32.3. The number of hydrogen-bond acceptors (Lipinski definition) is 16. The van der Waals surface area contributed by atoms with Gasteiger partial charge in [-0.1, -0.05) is 42.1 Å². The Labute approximate surface area is 320 Å². The number of nitrogens with one attached hydrogen (secondary N) is 2. The van der Waals surface area contributed by atoms with E-state index in [1.165, 1.54) is 17.8 Å². The molecule has 14 nitrogen and oxygen atoms in total. The quantitative estimate of drug-likeness (QED) is 0.0315. The molecule has 0 aliphatic carbocycles. The topological polar surface area (TPSA) is 187 Å². The SMILES string of the molecule is CCN(CC)c1ccc(N)c(Nc2nc(Nc3cc(N(CC)CC)ccc3N=Nc3snc4sc(S(=O)(=O)O)cc34)nc(SCc3ccccc3)n2)c1. The summed E-state index contributed by atoms with van der Waals surface area (Å²) in [5.41, 5.74) is 11.8. The standard InChI is InChI=1S/C35H39N11O3S4/c1-5-45(6-2)23-14-16-26(36)28(18-23)37-33-39-34(41-35(40-33)50-21-22-12-10-9-11-13-22)38-29-19-24(46(7-3)8-4)15-17-27(29)42-43-31-25-20-30(53(47,48)49)51-32(25)44-52-31/h9-20H,5-8,21,36H2,1-4H3,(H,47,48,49)(H2,37,38,39,40,41). The van der Waals surface area contributed by atoms with E-state index in [1.807, 2.05) is 54.6 Å². The average molecular weight is 790 g/mol. The van der Waals surface area contributed by atoms with Crippen LogP contribution in [0, 0.1) is 0 Å². The Kier molecular flexibility index (Phi) is 12.0. The van der Waals surface area contributed by atoms with E-state index in [2.05, 4.69) is 74.9 Å². The second-order valence-electron chi connectivity index (χ2n) is 11.6. The lowest BCUT2D eigenvalue weighted by atomic mass is 10.2. The number of rotatable bonds is 16. The van der Waals surface area contributed by atoms with Crippen LogP contribution in [0.1, 0.15) is 33.3 Å². The third-order valence-electron chi connectivity index (χ3n) is 8.23. The molecule has 3 aromatic heterocycles. The maximum absolute atomic E-state index is 11.7. The monoisotopic (exact) mass is 789 g/mol. The summed E-state index contributed by atoms with van der Waals surface area (Å²) in [6, 6.07) is 23.1. The van der Waals surface area contributed by atoms with Gasteiger partial charge in [0.05, 0.1) is 22.4 Å². The van der Waals surface area contributed by atoms with Crippen LogP contribution >= 0.6 is 34.6 Å². The van der Waals surface area contributed by atoms with Gasteiger partial charge < -0.3 is 26.2 Å². The number of nitrogens with two attached hydrogens (primary N) is 1. The molecule has 18 heteroatoms. The number of azo groups is 1. The summed E-state index contributed by atoms with van der Waals surface area (Å²) in [6.45, 7) is 11.7. The van der Waals surface area contributed by atoms with Crippen molar-refractivity contribution in [1.82, 2.24) is 19.3 Å².